The molecule has 3 amide bonds. The van der Waals surface area contributed by atoms with Crippen LogP contribution in [0.25, 0.3) is 0 Å². The second-order valence-corrected chi connectivity index (χ2v) is 8.26. The Morgan fingerprint density at radius 3 is 2.66 bits per heavy atom. The van der Waals surface area contributed by atoms with Crippen molar-refractivity contribution in [3.63, 3.8) is 0 Å². The van der Waals surface area contributed by atoms with E-state index in [1.54, 1.807) is 37.3 Å². The smallest absolute Gasteiger partial charge is 0.273 e. The zero-order valence-electron chi connectivity index (χ0n) is 18.9. The summed E-state index contributed by atoms with van der Waals surface area (Å²) < 4.78 is 25.5. The molecule has 4 rings (SSSR count). The van der Waals surface area contributed by atoms with Crippen molar-refractivity contribution < 1.29 is 33.0 Å². The van der Waals surface area contributed by atoms with Gasteiger partial charge in [-0.15, -0.1) is 0 Å². The van der Waals surface area contributed by atoms with Crippen LogP contribution in [0, 0.1) is 6.92 Å². The number of aryl methyl sites for hydroxylation is 1. The fraction of sp³-hybridized carbons (Fsp3) is 0.273. The number of benzene rings is 1. The quantitative estimate of drug-likeness (QED) is 0.368. The molecule has 1 atom stereocenters. The molecular formula is C22H23N5O7S. The van der Waals surface area contributed by atoms with Gasteiger partial charge in [-0.25, -0.2) is 0 Å². The first-order valence-corrected chi connectivity index (χ1v) is 11.2. The Morgan fingerprint density at radius 2 is 2.00 bits per heavy atom. The van der Waals surface area contributed by atoms with Gasteiger partial charge in [0, 0.05) is 25.4 Å². The molecule has 1 aromatic carbocycles. The van der Waals surface area contributed by atoms with E-state index in [1.807, 2.05) is 0 Å². The summed E-state index contributed by atoms with van der Waals surface area (Å²) in [6.45, 7) is 2.20. The highest BCUT2D eigenvalue weighted by molar-refractivity contribution is 7.09. The summed E-state index contributed by atoms with van der Waals surface area (Å²) in [5, 5.41) is 2.75. The van der Waals surface area contributed by atoms with Crippen LogP contribution in [0.5, 0.6) is 11.5 Å². The lowest BCUT2D eigenvalue weighted by molar-refractivity contribution is -0.123. The molecule has 0 saturated carbocycles. The summed E-state index contributed by atoms with van der Waals surface area (Å²) in [5.74, 6) is -0.451. The number of primary amides is 1. The second kappa shape index (κ2) is 10.0. The fourth-order valence-electron chi connectivity index (χ4n) is 3.50. The molecule has 3 heterocycles. The lowest BCUT2D eigenvalue weighted by Crippen LogP contribution is -2.44. The van der Waals surface area contributed by atoms with E-state index in [2.05, 4.69) is 9.69 Å². The first kappa shape index (κ1) is 24.0. The average Bonchev–Trinajstić information content (AvgIpc) is 3.56. The first-order valence-electron chi connectivity index (χ1n) is 10.4. The van der Waals surface area contributed by atoms with Crippen molar-refractivity contribution in [1.82, 2.24) is 9.69 Å². The first-order chi connectivity index (χ1) is 16.8. The number of amides is 3. The second-order valence-electron chi connectivity index (χ2n) is 7.49. The van der Waals surface area contributed by atoms with Gasteiger partial charge in [0.1, 0.15) is 16.4 Å². The van der Waals surface area contributed by atoms with Crippen molar-refractivity contribution in [3.8, 4) is 11.5 Å². The number of anilines is 2. The van der Waals surface area contributed by atoms with E-state index in [-0.39, 0.29) is 42.0 Å². The number of furan rings is 1. The zero-order valence-corrected chi connectivity index (χ0v) is 19.7. The maximum atomic E-state index is 13.9. The molecule has 1 aliphatic heterocycles. The lowest BCUT2D eigenvalue weighted by Gasteiger charge is -2.29. The molecule has 12 nitrogen and oxygen atoms in total. The standard InChI is InChI=1S/C22H23N5O7S/c1-11-3-5-14(34-11)18(21(29)25-7-8-31-2)27(12-4-6-13-15(9-12)33-10-32-13)22(30)19-16(23)17(20(24)28)26-35-19/h3-6,9,18H,7-8,10,23H2,1-2H3,(H2,24,28)(H,25,29)/t18-/m1/s1. The minimum atomic E-state index is -1.24. The fourth-order valence-corrected chi connectivity index (χ4v) is 4.25. The number of nitrogens with one attached hydrogen (secondary N) is 1. The largest absolute Gasteiger partial charge is 0.464 e. The molecule has 0 unspecified atom stereocenters. The average molecular weight is 502 g/mol. The van der Waals surface area contributed by atoms with Crippen molar-refractivity contribution in [2.24, 2.45) is 5.73 Å². The lowest BCUT2D eigenvalue weighted by atomic mass is 10.1. The van der Waals surface area contributed by atoms with Gasteiger partial charge in [-0.3, -0.25) is 19.3 Å². The number of nitrogens with two attached hydrogens (primary N) is 2. The Balaban J connectivity index is 1.84. The number of aromatic nitrogens is 1. The van der Waals surface area contributed by atoms with Gasteiger partial charge in [0.05, 0.1) is 12.3 Å². The number of carbonyl (C=O) groups is 3. The van der Waals surface area contributed by atoms with Gasteiger partial charge >= 0.3 is 0 Å². The monoisotopic (exact) mass is 501 g/mol. The van der Waals surface area contributed by atoms with Gasteiger partial charge in [-0.1, -0.05) is 0 Å². The number of carbonyl (C=O) groups excluding carboxylic acids is 3. The van der Waals surface area contributed by atoms with Gasteiger partial charge in [-0.05, 0) is 42.7 Å². The number of hydrogen-bond donors (Lipinski definition) is 3. The predicted molar refractivity (Wildman–Crippen MR) is 125 cm³/mol. The van der Waals surface area contributed by atoms with E-state index in [0.29, 0.717) is 34.5 Å². The normalized spacial score (nSPS) is 12.9. The van der Waals surface area contributed by atoms with Gasteiger partial charge in [0.15, 0.2) is 23.2 Å². The highest BCUT2D eigenvalue weighted by Crippen LogP contribution is 2.40. The summed E-state index contributed by atoms with van der Waals surface area (Å²) in [7, 11) is 1.50. The Bertz CT molecular complexity index is 1270. The van der Waals surface area contributed by atoms with Gasteiger partial charge < -0.3 is 35.4 Å². The van der Waals surface area contributed by atoms with Crippen LogP contribution in [0.4, 0.5) is 11.4 Å². The van der Waals surface area contributed by atoms with Crippen molar-refractivity contribution in [2.45, 2.75) is 13.0 Å². The maximum absolute atomic E-state index is 13.9. The van der Waals surface area contributed by atoms with Crippen molar-refractivity contribution in [1.29, 1.82) is 0 Å². The molecule has 0 bridgehead atoms. The van der Waals surface area contributed by atoms with Crippen LogP contribution < -0.4 is 31.2 Å². The molecule has 0 fully saturated rings. The molecule has 5 N–H and O–H groups in total. The molecule has 35 heavy (non-hydrogen) atoms. The van der Waals surface area contributed by atoms with Crippen LogP contribution in [0.1, 0.15) is 37.7 Å². The number of ether oxygens (including phenoxy) is 3. The van der Waals surface area contributed by atoms with E-state index in [1.165, 1.54) is 12.0 Å². The molecule has 1 aliphatic rings. The minimum absolute atomic E-state index is 0.0226. The molecular weight excluding hydrogens is 478 g/mol. The van der Waals surface area contributed by atoms with E-state index >= 15 is 0 Å². The van der Waals surface area contributed by atoms with Crippen molar-refractivity contribution >= 4 is 40.6 Å². The number of methoxy groups -OCH3 is 1. The highest BCUT2D eigenvalue weighted by atomic mass is 32.1. The molecule has 0 radical (unpaired) electrons. The van der Waals surface area contributed by atoms with Crippen LogP contribution in [0.3, 0.4) is 0 Å². The van der Waals surface area contributed by atoms with E-state index < -0.39 is 23.8 Å². The third-order valence-corrected chi connectivity index (χ3v) is 6.00. The third-order valence-electron chi connectivity index (χ3n) is 5.15. The topological polar surface area (TPSA) is 172 Å². The Morgan fingerprint density at radius 1 is 1.23 bits per heavy atom. The summed E-state index contributed by atoms with van der Waals surface area (Å²) in [4.78, 5) is 40.1. The molecule has 0 spiro atoms. The molecule has 0 aliphatic carbocycles. The Hall–Kier alpha value is -4.10. The summed E-state index contributed by atoms with van der Waals surface area (Å²) in [6.07, 6.45) is 0. The highest BCUT2D eigenvalue weighted by Gasteiger charge is 2.38. The van der Waals surface area contributed by atoms with Crippen LogP contribution in [0.2, 0.25) is 0 Å². The molecule has 2 aromatic heterocycles. The zero-order chi connectivity index (χ0) is 25.1. The van der Waals surface area contributed by atoms with Gasteiger partial charge in [0.25, 0.3) is 17.7 Å². The van der Waals surface area contributed by atoms with E-state index in [0.717, 1.165) is 0 Å². The number of rotatable bonds is 9. The maximum Gasteiger partial charge on any atom is 0.273 e. The number of hydrogen-bond acceptors (Lipinski definition) is 10. The molecule has 3 aromatic rings. The number of fused-ring (bicyclic) bond motifs is 1. The summed E-state index contributed by atoms with van der Waals surface area (Å²) in [6, 6.07) is 6.83. The summed E-state index contributed by atoms with van der Waals surface area (Å²) >= 11 is 0.707. The summed E-state index contributed by atoms with van der Waals surface area (Å²) in [5.41, 5.74) is 11.3. The van der Waals surface area contributed by atoms with Crippen LogP contribution in [-0.2, 0) is 9.53 Å². The van der Waals surface area contributed by atoms with Crippen molar-refractivity contribution in [2.75, 3.05) is 37.7 Å². The van der Waals surface area contributed by atoms with Crippen LogP contribution in [0.15, 0.2) is 34.7 Å². The third kappa shape index (κ3) is 4.76. The molecule has 0 saturated heterocycles. The number of nitrogen functional groups attached to an aromatic ring is 1. The minimum Gasteiger partial charge on any atom is -0.464 e. The van der Waals surface area contributed by atoms with Gasteiger partial charge in [0.2, 0.25) is 6.79 Å². The van der Waals surface area contributed by atoms with Crippen LogP contribution in [-0.4, -0.2) is 49.1 Å². The van der Waals surface area contributed by atoms with Crippen LogP contribution >= 0.6 is 11.5 Å². The Kier molecular flexibility index (Phi) is 6.89. The predicted octanol–water partition coefficient (Wildman–Crippen LogP) is 1.61. The van der Waals surface area contributed by atoms with Crippen molar-refractivity contribution in [3.05, 3.63) is 52.4 Å². The Labute approximate surface area is 203 Å². The van der Waals surface area contributed by atoms with Gasteiger partial charge in [-0.2, -0.15) is 4.37 Å². The molecule has 13 heteroatoms. The number of nitrogens with zero attached hydrogens (tertiary/aromatic N) is 2. The van der Waals surface area contributed by atoms with E-state index in [4.69, 9.17) is 30.1 Å². The SMILES string of the molecule is COCCNC(=O)[C@@H](c1ccc(C)o1)N(C(=O)c1snc(C(N)=O)c1N)c1ccc2c(c1)OCO2. The molecule has 184 valence electrons. The van der Waals surface area contributed by atoms with E-state index in [9.17, 15) is 14.4 Å².